The number of aldehydes is 1. The van der Waals surface area contributed by atoms with Crippen molar-refractivity contribution in [2.45, 2.75) is 6.23 Å². The van der Waals surface area contributed by atoms with E-state index >= 15 is 0 Å². The summed E-state index contributed by atoms with van der Waals surface area (Å²) in [6, 6.07) is 0. The van der Waals surface area contributed by atoms with Crippen molar-refractivity contribution in [2.75, 3.05) is 7.11 Å². The van der Waals surface area contributed by atoms with Gasteiger partial charge in [-0.2, -0.15) is 0 Å². The Morgan fingerprint density at radius 1 is 1.88 bits per heavy atom. The second kappa shape index (κ2) is 3.09. The lowest BCUT2D eigenvalue weighted by molar-refractivity contribution is -0.553. The fourth-order valence-electron chi connectivity index (χ4n) is 0.191. The minimum Gasteiger partial charge on any atom is -0.315 e. The molecule has 1 atom stereocenters. The van der Waals surface area contributed by atoms with Crippen molar-refractivity contribution < 1.29 is 14.5 Å². The summed E-state index contributed by atoms with van der Waals surface area (Å²) < 4.78 is 4.09. The summed E-state index contributed by atoms with van der Waals surface area (Å²) in [5, 5.41) is 9.61. The molecule has 0 N–H and O–H groups in total. The van der Waals surface area contributed by atoms with Gasteiger partial charge in [-0.15, -0.1) is 0 Å². The number of methoxy groups -OCH3 is 1. The van der Waals surface area contributed by atoms with E-state index in [9.17, 15) is 14.9 Å². The van der Waals surface area contributed by atoms with Crippen molar-refractivity contribution in [3.05, 3.63) is 10.1 Å². The zero-order chi connectivity index (χ0) is 6.57. The van der Waals surface area contributed by atoms with Gasteiger partial charge in [-0.25, -0.2) is 0 Å². The van der Waals surface area contributed by atoms with Gasteiger partial charge < -0.3 is 4.74 Å². The van der Waals surface area contributed by atoms with E-state index in [2.05, 4.69) is 4.74 Å². The Kier molecular flexibility index (Phi) is 2.71. The van der Waals surface area contributed by atoms with Crippen LogP contribution in [0.25, 0.3) is 0 Å². The van der Waals surface area contributed by atoms with E-state index in [4.69, 9.17) is 0 Å². The smallest absolute Gasteiger partial charge is 0.315 e. The van der Waals surface area contributed by atoms with Gasteiger partial charge >= 0.3 is 6.23 Å². The monoisotopic (exact) mass is 119 g/mol. The molecule has 0 aliphatic carbocycles. The lowest BCUT2D eigenvalue weighted by Crippen LogP contribution is -2.22. The highest BCUT2D eigenvalue weighted by Gasteiger charge is 2.15. The van der Waals surface area contributed by atoms with Crippen LogP contribution in [0.3, 0.4) is 0 Å². The first-order chi connectivity index (χ1) is 3.72. The maximum atomic E-state index is 9.61. The zero-order valence-corrected chi connectivity index (χ0v) is 4.23. The van der Waals surface area contributed by atoms with Crippen LogP contribution in [0, 0.1) is 10.1 Å². The molecule has 5 nitrogen and oxygen atoms in total. The average molecular weight is 119 g/mol. The van der Waals surface area contributed by atoms with Crippen LogP contribution in [0.15, 0.2) is 0 Å². The first kappa shape index (κ1) is 7.03. The molecule has 0 saturated carbocycles. The van der Waals surface area contributed by atoms with Gasteiger partial charge in [-0.3, -0.25) is 14.9 Å². The van der Waals surface area contributed by atoms with Crippen LogP contribution in [0.2, 0.25) is 0 Å². The summed E-state index contributed by atoms with van der Waals surface area (Å²) >= 11 is 0. The second-order valence-corrected chi connectivity index (χ2v) is 1.05. The highest BCUT2D eigenvalue weighted by molar-refractivity contribution is 5.53. The lowest BCUT2D eigenvalue weighted by Gasteiger charge is -1.95. The SMILES string of the molecule is COC(C=O)[N+](=O)[O-]. The van der Waals surface area contributed by atoms with Crippen molar-refractivity contribution in [1.82, 2.24) is 0 Å². The number of hydrogen-bond acceptors (Lipinski definition) is 4. The molecule has 0 radical (unpaired) electrons. The maximum absolute atomic E-state index is 9.61. The van der Waals surface area contributed by atoms with Gasteiger partial charge in [0, 0.05) is 7.11 Å². The third kappa shape index (κ3) is 1.65. The molecule has 1 unspecified atom stereocenters. The largest absolute Gasteiger partial charge is 0.371 e. The van der Waals surface area contributed by atoms with Crippen molar-refractivity contribution in [3.8, 4) is 0 Å². The molecule has 0 aliphatic heterocycles. The number of carbonyl (C=O) groups is 1. The molecule has 0 heterocycles. The Labute approximate surface area is 45.4 Å². The highest BCUT2D eigenvalue weighted by Crippen LogP contribution is 1.82. The molecule has 0 aromatic carbocycles. The van der Waals surface area contributed by atoms with Gasteiger partial charge in [0.1, 0.15) is 0 Å². The van der Waals surface area contributed by atoms with Crippen LogP contribution < -0.4 is 0 Å². The minimum absolute atomic E-state index is 0.125. The van der Waals surface area contributed by atoms with E-state index in [0.29, 0.717) is 0 Å². The van der Waals surface area contributed by atoms with Crippen LogP contribution in [0.4, 0.5) is 0 Å². The molecule has 46 valence electrons. The standard InChI is InChI=1S/C3H5NO4/c1-8-3(2-5)4(6)7/h2-3H,1H3. The molecule has 5 heteroatoms. The molecule has 8 heavy (non-hydrogen) atoms. The van der Waals surface area contributed by atoms with E-state index in [0.717, 1.165) is 7.11 Å². The summed E-state index contributed by atoms with van der Waals surface area (Å²) in [4.78, 5) is 18.4. The minimum atomic E-state index is -1.50. The molecule has 0 aromatic rings. The van der Waals surface area contributed by atoms with Crippen molar-refractivity contribution in [3.63, 3.8) is 0 Å². The molecule has 0 saturated heterocycles. The van der Waals surface area contributed by atoms with Crippen LogP contribution in [-0.4, -0.2) is 24.5 Å². The van der Waals surface area contributed by atoms with Crippen LogP contribution in [0.1, 0.15) is 0 Å². The maximum Gasteiger partial charge on any atom is 0.371 e. The summed E-state index contributed by atoms with van der Waals surface area (Å²) in [6.07, 6.45) is -1.38. The zero-order valence-electron chi connectivity index (χ0n) is 4.23. The number of nitrogens with zero attached hydrogens (tertiary/aromatic N) is 1. The van der Waals surface area contributed by atoms with Gasteiger partial charge in [-0.05, 0) is 0 Å². The van der Waals surface area contributed by atoms with E-state index in [-0.39, 0.29) is 6.29 Å². The van der Waals surface area contributed by atoms with Gasteiger partial charge in [0.15, 0.2) is 0 Å². The van der Waals surface area contributed by atoms with Crippen molar-refractivity contribution in [2.24, 2.45) is 0 Å². The molecule has 0 rings (SSSR count). The number of hydrogen-bond donors (Lipinski definition) is 0. The quantitative estimate of drug-likeness (QED) is 0.216. The van der Waals surface area contributed by atoms with Gasteiger partial charge in [0.25, 0.3) is 0 Å². The lowest BCUT2D eigenvalue weighted by atomic mass is 10.7. The Balaban J connectivity index is 3.69. The fourth-order valence-corrected chi connectivity index (χ4v) is 0.191. The van der Waals surface area contributed by atoms with Crippen molar-refractivity contribution in [1.29, 1.82) is 0 Å². The summed E-state index contributed by atoms with van der Waals surface area (Å²) in [5.74, 6) is 0. The Morgan fingerprint density at radius 2 is 2.38 bits per heavy atom. The number of ether oxygens (including phenoxy) is 1. The van der Waals surface area contributed by atoms with E-state index in [1.165, 1.54) is 0 Å². The van der Waals surface area contributed by atoms with Gasteiger partial charge in [0.05, 0.1) is 4.92 Å². The van der Waals surface area contributed by atoms with E-state index in [1.54, 1.807) is 0 Å². The van der Waals surface area contributed by atoms with E-state index in [1.807, 2.05) is 0 Å². The highest BCUT2D eigenvalue weighted by atomic mass is 16.7. The molecule has 0 bridgehead atoms. The Morgan fingerprint density at radius 3 is 2.38 bits per heavy atom. The van der Waals surface area contributed by atoms with Crippen LogP contribution in [-0.2, 0) is 9.53 Å². The molecule has 0 amide bonds. The molecule has 0 fully saturated rings. The predicted molar refractivity (Wildman–Crippen MR) is 23.9 cm³/mol. The van der Waals surface area contributed by atoms with Gasteiger partial charge in [0.2, 0.25) is 6.29 Å². The topological polar surface area (TPSA) is 69.4 Å². The molecular weight excluding hydrogens is 114 g/mol. The number of rotatable bonds is 3. The summed E-state index contributed by atoms with van der Waals surface area (Å²) in [5.41, 5.74) is 0. The van der Waals surface area contributed by atoms with E-state index < -0.39 is 11.2 Å². The van der Waals surface area contributed by atoms with Crippen molar-refractivity contribution >= 4 is 6.29 Å². The summed E-state index contributed by atoms with van der Waals surface area (Å²) in [6.45, 7) is 0. The second-order valence-electron chi connectivity index (χ2n) is 1.05. The normalized spacial score (nSPS) is 12.6. The Bertz CT molecular complexity index is 101. The number of carbonyl (C=O) groups excluding carboxylic acids is 1. The molecule has 0 aromatic heterocycles. The predicted octanol–water partition coefficient (Wildman–Crippen LogP) is -0.565. The first-order valence-electron chi connectivity index (χ1n) is 1.84. The molecular formula is C3H5NO4. The average Bonchev–Trinajstić information content (AvgIpc) is 1.69. The van der Waals surface area contributed by atoms with Crippen LogP contribution in [0.5, 0.6) is 0 Å². The summed E-state index contributed by atoms with van der Waals surface area (Å²) in [7, 11) is 1.10. The fraction of sp³-hybridized carbons (Fsp3) is 0.667. The molecule has 0 aliphatic rings. The Hall–Kier alpha value is -0.970. The number of nitro groups is 1. The van der Waals surface area contributed by atoms with Crippen LogP contribution >= 0.6 is 0 Å². The first-order valence-corrected chi connectivity index (χ1v) is 1.84. The van der Waals surface area contributed by atoms with Gasteiger partial charge in [-0.1, -0.05) is 0 Å². The third-order valence-electron chi connectivity index (χ3n) is 0.566. The molecule has 0 spiro atoms. The third-order valence-corrected chi connectivity index (χ3v) is 0.566.